The van der Waals surface area contributed by atoms with Gasteiger partial charge in [-0.05, 0) is 19.1 Å². The third-order valence-corrected chi connectivity index (χ3v) is 4.01. The first-order valence-corrected chi connectivity index (χ1v) is 7.80. The van der Waals surface area contributed by atoms with Crippen molar-refractivity contribution in [1.82, 2.24) is 9.97 Å². The molecule has 2 unspecified atom stereocenters. The van der Waals surface area contributed by atoms with Crippen LogP contribution in [0.4, 0.5) is 5.82 Å². The van der Waals surface area contributed by atoms with Crippen molar-refractivity contribution < 1.29 is 5.11 Å². The highest BCUT2D eigenvalue weighted by atomic mass is 35.5. The molecule has 1 heterocycles. The summed E-state index contributed by atoms with van der Waals surface area (Å²) in [7, 11) is 0. The predicted octanol–water partition coefficient (Wildman–Crippen LogP) is 2.81. The molecule has 2 atom stereocenters. The molecule has 6 heteroatoms. The summed E-state index contributed by atoms with van der Waals surface area (Å²) in [6.07, 6.45) is 6.04. The first kappa shape index (κ1) is 13.9. The first-order chi connectivity index (χ1) is 8.69. The van der Waals surface area contributed by atoms with Crippen molar-refractivity contribution in [1.29, 1.82) is 0 Å². The fourth-order valence-corrected chi connectivity index (χ4v) is 2.85. The van der Waals surface area contributed by atoms with Gasteiger partial charge in [0, 0.05) is 18.5 Å². The Bertz CT molecular complexity index is 405. The molecule has 0 amide bonds. The number of thioether (sulfide) groups is 1. The summed E-state index contributed by atoms with van der Waals surface area (Å²) >= 11 is 7.39. The molecule has 4 nitrogen and oxygen atoms in total. The fourth-order valence-electron chi connectivity index (χ4n) is 2.24. The monoisotopic (exact) mass is 287 g/mol. The molecule has 2 N–H and O–H groups in total. The Labute approximate surface area is 117 Å². The lowest BCUT2D eigenvalue weighted by molar-refractivity contribution is 0.0763. The van der Waals surface area contributed by atoms with Crippen molar-refractivity contribution in [3.63, 3.8) is 0 Å². The average Bonchev–Trinajstić information content (AvgIpc) is 2.37. The lowest BCUT2D eigenvalue weighted by Crippen LogP contribution is -2.30. The average molecular weight is 288 g/mol. The van der Waals surface area contributed by atoms with E-state index < -0.39 is 0 Å². The molecule has 0 radical (unpaired) electrons. The molecule has 1 saturated carbocycles. The van der Waals surface area contributed by atoms with Crippen molar-refractivity contribution >= 4 is 29.2 Å². The standard InChI is InChI=1S/C12H18ClN3OS/c1-18-12-15-10(13)6-11(16-12)14-7-8-4-2-3-5-9(8)17/h6,8-9,17H,2-5,7H2,1H3,(H,14,15,16). The Balaban J connectivity index is 1.94. The van der Waals surface area contributed by atoms with Crippen LogP contribution in [-0.2, 0) is 0 Å². The molecule has 100 valence electrons. The third-order valence-electron chi connectivity index (χ3n) is 3.27. The second-order valence-electron chi connectivity index (χ2n) is 4.56. The van der Waals surface area contributed by atoms with Crippen LogP contribution in [0.1, 0.15) is 25.7 Å². The minimum atomic E-state index is -0.191. The first-order valence-electron chi connectivity index (χ1n) is 6.19. The van der Waals surface area contributed by atoms with Crippen molar-refractivity contribution in [3.05, 3.63) is 11.2 Å². The highest BCUT2D eigenvalue weighted by Crippen LogP contribution is 2.25. The van der Waals surface area contributed by atoms with Crippen molar-refractivity contribution in [3.8, 4) is 0 Å². The molecule has 0 aliphatic heterocycles. The molecule has 2 rings (SSSR count). The second kappa shape index (κ2) is 6.59. The van der Waals surface area contributed by atoms with Crippen molar-refractivity contribution in [2.45, 2.75) is 36.9 Å². The summed E-state index contributed by atoms with van der Waals surface area (Å²) < 4.78 is 0. The number of aromatic nitrogens is 2. The molecule has 1 aliphatic rings. The number of anilines is 1. The number of hydrogen-bond donors (Lipinski definition) is 2. The van der Waals surface area contributed by atoms with Gasteiger partial charge in [0.25, 0.3) is 0 Å². The molecule has 0 saturated heterocycles. The van der Waals surface area contributed by atoms with Crippen LogP contribution in [0.25, 0.3) is 0 Å². The summed E-state index contributed by atoms with van der Waals surface area (Å²) in [5.41, 5.74) is 0. The van der Waals surface area contributed by atoms with Crippen LogP contribution >= 0.6 is 23.4 Å². The molecule has 0 spiro atoms. The van der Waals surface area contributed by atoms with Gasteiger partial charge in [0.15, 0.2) is 5.16 Å². The zero-order valence-electron chi connectivity index (χ0n) is 10.4. The van der Waals surface area contributed by atoms with Gasteiger partial charge >= 0.3 is 0 Å². The van der Waals surface area contributed by atoms with E-state index in [0.29, 0.717) is 16.2 Å². The van der Waals surface area contributed by atoms with Crippen molar-refractivity contribution in [2.75, 3.05) is 18.1 Å². The third kappa shape index (κ3) is 3.73. The molecule has 1 aromatic heterocycles. The lowest BCUT2D eigenvalue weighted by atomic mass is 9.86. The van der Waals surface area contributed by atoms with Gasteiger partial charge in [-0.25, -0.2) is 9.97 Å². The Morgan fingerprint density at radius 3 is 2.94 bits per heavy atom. The number of aliphatic hydroxyl groups is 1. The van der Waals surface area contributed by atoms with E-state index in [1.54, 1.807) is 6.07 Å². The van der Waals surface area contributed by atoms with E-state index in [4.69, 9.17) is 11.6 Å². The van der Waals surface area contributed by atoms with Gasteiger partial charge in [0.2, 0.25) is 0 Å². The lowest BCUT2D eigenvalue weighted by Gasteiger charge is -2.27. The highest BCUT2D eigenvalue weighted by molar-refractivity contribution is 7.98. The van der Waals surface area contributed by atoms with Crippen LogP contribution in [0.15, 0.2) is 11.2 Å². The Kier molecular flexibility index (Phi) is 5.09. The Hall–Kier alpha value is -0.520. The fraction of sp³-hybridized carbons (Fsp3) is 0.667. The van der Waals surface area contributed by atoms with Crippen LogP contribution in [-0.4, -0.2) is 34.0 Å². The van der Waals surface area contributed by atoms with Crippen LogP contribution in [0.3, 0.4) is 0 Å². The molecule has 1 aromatic rings. The van der Waals surface area contributed by atoms with E-state index in [1.807, 2.05) is 6.26 Å². The van der Waals surface area contributed by atoms with Crippen LogP contribution in [0, 0.1) is 5.92 Å². The smallest absolute Gasteiger partial charge is 0.190 e. The normalized spacial score (nSPS) is 23.9. The van der Waals surface area contributed by atoms with Gasteiger partial charge in [0.05, 0.1) is 6.10 Å². The molecule has 0 bridgehead atoms. The summed E-state index contributed by atoms with van der Waals surface area (Å²) in [4.78, 5) is 8.43. The number of nitrogens with zero attached hydrogens (tertiary/aromatic N) is 2. The highest BCUT2D eigenvalue weighted by Gasteiger charge is 2.22. The summed E-state index contributed by atoms with van der Waals surface area (Å²) in [5.74, 6) is 1.04. The minimum Gasteiger partial charge on any atom is -0.393 e. The summed E-state index contributed by atoms with van der Waals surface area (Å²) in [6.45, 7) is 0.738. The molecule has 18 heavy (non-hydrogen) atoms. The zero-order valence-corrected chi connectivity index (χ0v) is 12.0. The quantitative estimate of drug-likeness (QED) is 0.507. The summed E-state index contributed by atoms with van der Waals surface area (Å²) in [6, 6.07) is 1.72. The number of halogens is 1. The zero-order chi connectivity index (χ0) is 13.0. The number of aliphatic hydroxyl groups excluding tert-OH is 1. The maximum atomic E-state index is 9.90. The second-order valence-corrected chi connectivity index (χ2v) is 5.72. The summed E-state index contributed by atoms with van der Waals surface area (Å²) in [5, 5.41) is 14.3. The molecule has 1 fully saturated rings. The van der Waals surface area contributed by atoms with Gasteiger partial charge < -0.3 is 10.4 Å². The molecule has 1 aliphatic carbocycles. The Morgan fingerprint density at radius 2 is 2.22 bits per heavy atom. The van der Waals surface area contributed by atoms with E-state index in [2.05, 4.69) is 15.3 Å². The van der Waals surface area contributed by atoms with E-state index >= 15 is 0 Å². The molecular formula is C12H18ClN3OS. The molecular weight excluding hydrogens is 270 g/mol. The molecule has 0 aromatic carbocycles. The van der Waals surface area contributed by atoms with Gasteiger partial charge in [-0.15, -0.1) is 0 Å². The topological polar surface area (TPSA) is 58.0 Å². The largest absolute Gasteiger partial charge is 0.393 e. The number of rotatable bonds is 4. The number of hydrogen-bond acceptors (Lipinski definition) is 5. The number of nitrogens with one attached hydrogen (secondary N) is 1. The van der Waals surface area contributed by atoms with Crippen molar-refractivity contribution in [2.24, 2.45) is 5.92 Å². The van der Waals surface area contributed by atoms with E-state index in [9.17, 15) is 5.11 Å². The van der Waals surface area contributed by atoms with E-state index in [-0.39, 0.29) is 6.10 Å². The van der Waals surface area contributed by atoms with Crippen LogP contribution in [0.2, 0.25) is 5.15 Å². The minimum absolute atomic E-state index is 0.191. The van der Waals surface area contributed by atoms with Crippen LogP contribution in [0.5, 0.6) is 0 Å². The van der Waals surface area contributed by atoms with Gasteiger partial charge in [-0.1, -0.05) is 36.2 Å². The van der Waals surface area contributed by atoms with Gasteiger partial charge in [-0.3, -0.25) is 0 Å². The predicted molar refractivity (Wildman–Crippen MR) is 75.3 cm³/mol. The maximum Gasteiger partial charge on any atom is 0.190 e. The Morgan fingerprint density at radius 1 is 1.44 bits per heavy atom. The van der Waals surface area contributed by atoms with E-state index in [0.717, 1.165) is 31.6 Å². The van der Waals surface area contributed by atoms with E-state index in [1.165, 1.54) is 18.2 Å². The van der Waals surface area contributed by atoms with Gasteiger partial charge in [-0.2, -0.15) is 0 Å². The maximum absolute atomic E-state index is 9.90. The SMILES string of the molecule is CSc1nc(Cl)cc(NCC2CCCCC2O)n1. The van der Waals surface area contributed by atoms with Crippen LogP contribution < -0.4 is 5.32 Å². The van der Waals surface area contributed by atoms with Gasteiger partial charge in [0.1, 0.15) is 11.0 Å².